The van der Waals surface area contributed by atoms with Gasteiger partial charge in [0.2, 0.25) is 0 Å². The van der Waals surface area contributed by atoms with Gasteiger partial charge >= 0.3 is 6.18 Å². The lowest BCUT2D eigenvalue weighted by atomic mass is 10.2. The molecule has 8 heteroatoms. The number of amides is 1. The van der Waals surface area contributed by atoms with E-state index < -0.39 is 23.4 Å². The van der Waals surface area contributed by atoms with Gasteiger partial charge in [0.1, 0.15) is 12.0 Å². The smallest absolute Gasteiger partial charge is 0.394 e. The molecule has 0 aliphatic heterocycles. The molecule has 0 aliphatic rings. The first-order valence-corrected chi connectivity index (χ1v) is 4.02. The van der Waals surface area contributed by atoms with E-state index >= 15 is 0 Å². The van der Waals surface area contributed by atoms with E-state index in [2.05, 4.69) is 0 Å². The third kappa shape index (κ3) is 3.37. The molecule has 0 unspecified atom stereocenters. The Hall–Kier alpha value is -1.86. The summed E-state index contributed by atoms with van der Waals surface area (Å²) in [6.45, 7) is -0.374. The molecule has 0 spiro atoms. The lowest BCUT2D eigenvalue weighted by molar-refractivity contribution is -0.128. The van der Waals surface area contributed by atoms with Gasteiger partial charge in [-0.2, -0.15) is 13.2 Å². The van der Waals surface area contributed by atoms with Gasteiger partial charge in [0.15, 0.2) is 0 Å². The van der Waals surface area contributed by atoms with E-state index in [1.54, 1.807) is 0 Å². The van der Waals surface area contributed by atoms with Crippen LogP contribution in [-0.2, 0) is 9.59 Å². The van der Waals surface area contributed by atoms with Crippen LogP contribution < -0.4 is 5.73 Å². The highest BCUT2D eigenvalue weighted by molar-refractivity contribution is 6.12. The minimum Gasteiger partial charge on any atom is -0.394 e. The van der Waals surface area contributed by atoms with Gasteiger partial charge in [-0.25, -0.2) is 0 Å². The van der Waals surface area contributed by atoms with Gasteiger partial charge in [-0.1, -0.05) is 0 Å². The Bertz CT molecular complexity index is 336. The van der Waals surface area contributed by atoms with E-state index in [9.17, 15) is 22.8 Å². The Kier molecular flexibility index (Phi) is 4.67. The summed E-state index contributed by atoms with van der Waals surface area (Å²) in [5.74, 6) is -1.13. The summed E-state index contributed by atoms with van der Waals surface area (Å²) in [5.41, 5.74) is 2.07. The fraction of sp³-hybridized carbons (Fsp3) is 0.375. The fourth-order valence-corrected chi connectivity index (χ4v) is 0.808. The Balaban J connectivity index is 5.22. The van der Waals surface area contributed by atoms with Crippen molar-refractivity contribution in [2.24, 2.45) is 5.73 Å². The summed E-state index contributed by atoms with van der Waals surface area (Å²) >= 11 is 0. The van der Waals surface area contributed by atoms with Crippen molar-refractivity contribution in [3.63, 3.8) is 0 Å². The van der Waals surface area contributed by atoms with Gasteiger partial charge in [0.25, 0.3) is 5.91 Å². The Morgan fingerprint density at radius 2 is 2.00 bits per heavy atom. The predicted molar refractivity (Wildman–Crippen MR) is 49.8 cm³/mol. The van der Waals surface area contributed by atoms with Crippen LogP contribution in [0.5, 0.6) is 0 Å². The lowest BCUT2D eigenvalue weighted by Gasteiger charge is -2.16. The largest absolute Gasteiger partial charge is 0.431 e. The maximum atomic E-state index is 12.2. The molecule has 0 aliphatic carbocycles. The molecule has 0 aromatic heterocycles. The number of aldehydes is 1. The van der Waals surface area contributed by atoms with E-state index in [1.165, 1.54) is 0 Å². The second-order valence-electron chi connectivity index (χ2n) is 2.82. The van der Waals surface area contributed by atoms with Crippen LogP contribution in [0.2, 0.25) is 0 Å². The van der Waals surface area contributed by atoms with Crippen molar-refractivity contribution in [1.29, 1.82) is 5.41 Å². The van der Waals surface area contributed by atoms with E-state index in [1.807, 2.05) is 0 Å². The highest BCUT2D eigenvalue weighted by Gasteiger charge is 2.36. The van der Waals surface area contributed by atoms with Crippen LogP contribution >= 0.6 is 0 Å². The van der Waals surface area contributed by atoms with Gasteiger partial charge in [-0.15, -0.1) is 0 Å². The first-order valence-electron chi connectivity index (χ1n) is 4.02. The third-order valence-electron chi connectivity index (χ3n) is 1.67. The van der Waals surface area contributed by atoms with Gasteiger partial charge in [0, 0.05) is 13.3 Å². The molecular formula is C8H10F3N3O2. The molecular weight excluding hydrogens is 227 g/mol. The number of allylic oxidation sites excluding steroid dienone is 1. The Morgan fingerprint density at radius 1 is 1.50 bits per heavy atom. The van der Waals surface area contributed by atoms with E-state index in [0.29, 0.717) is 6.29 Å². The number of nitrogens with zero attached hydrogens (tertiary/aromatic N) is 1. The van der Waals surface area contributed by atoms with Gasteiger partial charge < -0.3 is 20.8 Å². The van der Waals surface area contributed by atoms with Gasteiger partial charge in [-0.3, -0.25) is 4.79 Å². The number of likely N-dealkylation sites (N-methyl/N-ethyl adjacent to an activating group) is 1. The summed E-state index contributed by atoms with van der Waals surface area (Å²) in [4.78, 5) is 22.1. The summed E-state index contributed by atoms with van der Waals surface area (Å²) in [5, 5.41) is 6.73. The number of carbonyl (C=O) groups is 2. The molecule has 0 rings (SSSR count). The second kappa shape index (κ2) is 5.29. The summed E-state index contributed by atoms with van der Waals surface area (Å²) in [6, 6.07) is 0. The number of carbonyl (C=O) groups excluding carboxylic acids is 2. The van der Waals surface area contributed by atoms with E-state index in [0.717, 1.165) is 11.9 Å². The molecule has 5 nitrogen and oxygen atoms in total. The molecule has 0 radical (unpaired) electrons. The maximum absolute atomic E-state index is 12.2. The van der Waals surface area contributed by atoms with Crippen LogP contribution in [0.3, 0.4) is 0 Å². The Morgan fingerprint density at radius 3 is 2.31 bits per heavy atom. The van der Waals surface area contributed by atoms with Crippen LogP contribution in [-0.4, -0.2) is 43.1 Å². The minimum atomic E-state index is -4.88. The van der Waals surface area contributed by atoms with Crippen molar-refractivity contribution in [3.05, 3.63) is 11.3 Å². The minimum absolute atomic E-state index is 0.215. The molecule has 3 N–H and O–H groups in total. The topological polar surface area (TPSA) is 87.2 Å². The number of rotatable bonds is 4. The number of hydrogen-bond donors (Lipinski definition) is 2. The second-order valence-corrected chi connectivity index (χ2v) is 2.82. The summed E-state index contributed by atoms with van der Waals surface area (Å²) in [7, 11) is 1.13. The monoisotopic (exact) mass is 237 g/mol. The van der Waals surface area contributed by atoms with Crippen LogP contribution in [0.1, 0.15) is 0 Å². The zero-order valence-corrected chi connectivity index (χ0v) is 8.34. The van der Waals surface area contributed by atoms with Crippen LogP contribution in [0, 0.1) is 5.41 Å². The summed E-state index contributed by atoms with van der Waals surface area (Å²) in [6.07, 6.45) is -4.32. The van der Waals surface area contributed by atoms with Gasteiger partial charge in [-0.05, 0) is 0 Å². The normalized spacial score (nSPS) is 12.8. The molecule has 0 aromatic carbocycles. The number of alkyl halides is 3. The lowest BCUT2D eigenvalue weighted by Crippen LogP contribution is -2.34. The van der Waals surface area contributed by atoms with Crippen molar-refractivity contribution >= 4 is 18.4 Å². The average Bonchev–Trinajstić information content (AvgIpc) is 2.17. The highest BCUT2D eigenvalue weighted by atomic mass is 19.4. The van der Waals surface area contributed by atoms with Crippen LogP contribution in [0.4, 0.5) is 13.2 Å². The van der Waals surface area contributed by atoms with Crippen LogP contribution in [0.15, 0.2) is 11.3 Å². The van der Waals surface area contributed by atoms with Crippen molar-refractivity contribution in [1.82, 2.24) is 4.90 Å². The molecule has 0 atom stereocenters. The molecule has 0 aromatic rings. The predicted octanol–water partition coefficient (Wildman–Crippen LogP) is 0.0684. The standard InChI is InChI=1S/C8H10F3N3O2/c1-14(2-3-15)7(16)5(4-12)6(13)8(9,10)11/h3-4,12H,2,13H2,1H3/b6-5+,12-4?. The highest BCUT2D eigenvalue weighted by Crippen LogP contribution is 2.24. The Labute approximate surface area is 89.2 Å². The molecule has 0 heterocycles. The van der Waals surface area contributed by atoms with Crippen molar-refractivity contribution in [3.8, 4) is 0 Å². The van der Waals surface area contributed by atoms with E-state index in [-0.39, 0.29) is 12.8 Å². The number of nitrogens with one attached hydrogen (secondary N) is 1. The van der Waals surface area contributed by atoms with Gasteiger partial charge in [0.05, 0.1) is 12.1 Å². The van der Waals surface area contributed by atoms with Crippen molar-refractivity contribution in [2.75, 3.05) is 13.6 Å². The van der Waals surface area contributed by atoms with E-state index in [4.69, 9.17) is 11.1 Å². The molecule has 1 amide bonds. The molecule has 90 valence electrons. The molecule has 0 saturated heterocycles. The zero-order valence-electron chi connectivity index (χ0n) is 8.34. The number of halogens is 3. The molecule has 0 bridgehead atoms. The first kappa shape index (κ1) is 14.1. The number of nitrogens with two attached hydrogens (primary N) is 1. The first-order chi connectivity index (χ1) is 7.25. The molecule has 0 saturated carbocycles. The molecule has 16 heavy (non-hydrogen) atoms. The average molecular weight is 237 g/mol. The number of hydrogen-bond acceptors (Lipinski definition) is 4. The summed E-state index contributed by atoms with van der Waals surface area (Å²) < 4.78 is 36.5. The quantitative estimate of drug-likeness (QED) is 0.412. The molecule has 0 fully saturated rings. The van der Waals surface area contributed by atoms with Crippen LogP contribution in [0.25, 0.3) is 0 Å². The zero-order chi connectivity index (χ0) is 12.9. The third-order valence-corrected chi connectivity index (χ3v) is 1.67. The SMILES string of the molecule is CN(CC=O)C(=O)/C(C=N)=C(/N)C(F)(F)F. The fourth-order valence-electron chi connectivity index (χ4n) is 0.808. The maximum Gasteiger partial charge on any atom is 0.431 e. The van der Waals surface area contributed by atoms with Crippen molar-refractivity contribution < 1.29 is 22.8 Å². The van der Waals surface area contributed by atoms with Crippen molar-refractivity contribution in [2.45, 2.75) is 6.18 Å².